The quantitative estimate of drug-likeness (QED) is 0.862. The number of amides is 1. The molecule has 1 atom stereocenters. The van der Waals surface area contributed by atoms with Crippen LogP contribution in [0.5, 0.6) is 0 Å². The van der Waals surface area contributed by atoms with E-state index >= 15 is 0 Å². The highest BCUT2D eigenvalue weighted by atomic mass is 16.5. The zero-order valence-electron chi connectivity index (χ0n) is 15.7. The average molecular weight is 344 g/mol. The van der Waals surface area contributed by atoms with Gasteiger partial charge in [-0.2, -0.15) is 0 Å². The fourth-order valence-corrected chi connectivity index (χ4v) is 4.48. The fraction of sp³-hybridized carbons (Fsp3) is 0.667. The maximum atomic E-state index is 13.2. The molecule has 1 aliphatic heterocycles. The Hall–Kier alpha value is -1.39. The van der Waals surface area contributed by atoms with Crippen LogP contribution < -0.4 is 5.32 Å². The van der Waals surface area contributed by atoms with Crippen LogP contribution in [0.1, 0.15) is 50.0 Å². The fourth-order valence-electron chi connectivity index (χ4n) is 4.48. The summed E-state index contributed by atoms with van der Waals surface area (Å²) in [5.41, 5.74) is 1.18. The Morgan fingerprint density at radius 2 is 1.84 bits per heavy atom. The maximum Gasteiger partial charge on any atom is 0.227 e. The van der Waals surface area contributed by atoms with Gasteiger partial charge in [0.1, 0.15) is 0 Å². The number of carbonyl (C=O) groups excluding carboxylic acids is 1. The molecule has 1 amide bonds. The number of benzene rings is 1. The van der Waals surface area contributed by atoms with Crippen molar-refractivity contribution in [3.05, 3.63) is 35.9 Å². The lowest BCUT2D eigenvalue weighted by molar-refractivity contribution is -0.124. The summed E-state index contributed by atoms with van der Waals surface area (Å²) in [5.74, 6) is 0.668. The summed E-state index contributed by atoms with van der Waals surface area (Å²) in [5, 5.41) is 3.31. The normalized spacial score (nSPS) is 22.0. The van der Waals surface area contributed by atoms with Gasteiger partial charge in [0.2, 0.25) is 5.91 Å². The van der Waals surface area contributed by atoms with Crippen molar-refractivity contribution in [3.8, 4) is 0 Å². The van der Waals surface area contributed by atoms with Crippen molar-refractivity contribution in [2.45, 2.75) is 50.0 Å². The van der Waals surface area contributed by atoms with E-state index < -0.39 is 0 Å². The standard InChI is InChI=1S/C21H32N2O2/c1-23(2)21(12-14-25-15-13-21)16-22-20(24)19(18-10-6-7-11-18)17-8-4-3-5-9-17/h3-5,8-9,18-19H,6-7,10-16H2,1-2H3,(H,22,24). The number of hydrogen-bond acceptors (Lipinski definition) is 3. The van der Waals surface area contributed by atoms with Crippen molar-refractivity contribution in [2.75, 3.05) is 33.9 Å². The molecule has 25 heavy (non-hydrogen) atoms. The average Bonchev–Trinajstić information content (AvgIpc) is 3.16. The van der Waals surface area contributed by atoms with Crippen LogP contribution in [0.3, 0.4) is 0 Å². The Kier molecular flexibility index (Phi) is 6.13. The molecule has 1 unspecified atom stereocenters. The highest BCUT2D eigenvalue weighted by Gasteiger charge is 2.37. The van der Waals surface area contributed by atoms with E-state index in [0.717, 1.165) is 31.6 Å². The Morgan fingerprint density at radius 1 is 1.20 bits per heavy atom. The molecule has 0 radical (unpaired) electrons. The summed E-state index contributed by atoms with van der Waals surface area (Å²) in [6.45, 7) is 2.26. The minimum Gasteiger partial charge on any atom is -0.381 e. The molecule has 1 aromatic carbocycles. The molecule has 1 saturated heterocycles. The van der Waals surface area contributed by atoms with E-state index in [1.165, 1.54) is 25.7 Å². The second kappa shape index (κ2) is 8.33. The molecule has 1 saturated carbocycles. The first kappa shape index (κ1) is 18.4. The van der Waals surface area contributed by atoms with Crippen molar-refractivity contribution < 1.29 is 9.53 Å². The van der Waals surface area contributed by atoms with Crippen LogP contribution in [0.4, 0.5) is 0 Å². The summed E-state index contributed by atoms with van der Waals surface area (Å²) in [6.07, 6.45) is 6.78. The SMILES string of the molecule is CN(C)C1(CNC(=O)C(c2ccccc2)C2CCCC2)CCOCC1. The summed E-state index contributed by atoms with van der Waals surface area (Å²) < 4.78 is 5.54. The van der Waals surface area contributed by atoms with E-state index in [-0.39, 0.29) is 17.4 Å². The van der Waals surface area contributed by atoms with Crippen LogP contribution in [-0.4, -0.2) is 50.2 Å². The van der Waals surface area contributed by atoms with Gasteiger partial charge in [-0.25, -0.2) is 0 Å². The summed E-state index contributed by atoms with van der Waals surface area (Å²) in [6, 6.07) is 10.3. The van der Waals surface area contributed by atoms with Gasteiger partial charge < -0.3 is 15.0 Å². The minimum atomic E-state index is -0.0113. The van der Waals surface area contributed by atoms with Crippen molar-refractivity contribution >= 4 is 5.91 Å². The van der Waals surface area contributed by atoms with Gasteiger partial charge in [-0.05, 0) is 51.3 Å². The van der Waals surface area contributed by atoms with Crippen molar-refractivity contribution in [1.82, 2.24) is 10.2 Å². The van der Waals surface area contributed by atoms with Crippen molar-refractivity contribution in [1.29, 1.82) is 0 Å². The Bertz CT molecular complexity index is 546. The van der Waals surface area contributed by atoms with Gasteiger partial charge in [0.05, 0.1) is 5.92 Å². The number of hydrogen-bond donors (Lipinski definition) is 1. The molecule has 0 aromatic heterocycles. The number of ether oxygens (including phenoxy) is 1. The van der Waals surface area contributed by atoms with Gasteiger partial charge >= 0.3 is 0 Å². The molecule has 1 aromatic rings. The lowest BCUT2D eigenvalue weighted by atomic mass is 9.83. The number of nitrogens with one attached hydrogen (secondary N) is 1. The first-order chi connectivity index (χ1) is 12.1. The molecular weight excluding hydrogens is 312 g/mol. The van der Waals surface area contributed by atoms with Crippen LogP contribution in [0.25, 0.3) is 0 Å². The molecular formula is C21H32N2O2. The van der Waals surface area contributed by atoms with E-state index in [1.54, 1.807) is 0 Å². The Labute approximate surface area is 151 Å². The monoisotopic (exact) mass is 344 g/mol. The van der Waals surface area contributed by atoms with E-state index in [2.05, 4.69) is 36.4 Å². The van der Waals surface area contributed by atoms with Gasteiger partial charge in [-0.1, -0.05) is 43.2 Å². The Morgan fingerprint density at radius 3 is 2.44 bits per heavy atom. The third kappa shape index (κ3) is 4.24. The second-order valence-electron chi connectivity index (χ2n) is 7.88. The third-order valence-corrected chi connectivity index (χ3v) is 6.28. The van der Waals surface area contributed by atoms with Crippen LogP contribution in [0.15, 0.2) is 30.3 Å². The molecule has 4 heteroatoms. The molecule has 3 rings (SSSR count). The van der Waals surface area contributed by atoms with Crippen LogP contribution in [0, 0.1) is 5.92 Å². The van der Waals surface area contributed by atoms with E-state index in [4.69, 9.17) is 4.74 Å². The predicted molar refractivity (Wildman–Crippen MR) is 101 cm³/mol. The smallest absolute Gasteiger partial charge is 0.227 e. The van der Waals surface area contributed by atoms with Crippen LogP contribution >= 0.6 is 0 Å². The van der Waals surface area contributed by atoms with E-state index in [9.17, 15) is 4.79 Å². The molecule has 0 spiro atoms. The zero-order chi connectivity index (χ0) is 17.7. The molecule has 2 fully saturated rings. The summed E-state index contributed by atoms with van der Waals surface area (Å²) in [4.78, 5) is 15.4. The molecule has 0 bridgehead atoms. The highest BCUT2D eigenvalue weighted by molar-refractivity contribution is 5.84. The van der Waals surface area contributed by atoms with Crippen molar-refractivity contribution in [3.63, 3.8) is 0 Å². The second-order valence-corrected chi connectivity index (χ2v) is 7.88. The summed E-state index contributed by atoms with van der Waals surface area (Å²) >= 11 is 0. The zero-order valence-corrected chi connectivity index (χ0v) is 15.7. The van der Waals surface area contributed by atoms with Gasteiger partial charge in [0.25, 0.3) is 0 Å². The molecule has 1 N–H and O–H groups in total. The van der Waals surface area contributed by atoms with Gasteiger partial charge in [0.15, 0.2) is 0 Å². The highest BCUT2D eigenvalue weighted by Crippen LogP contribution is 2.37. The molecule has 2 aliphatic rings. The van der Waals surface area contributed by atoms with E-state index in [0.29, 0.717) is 12.5 Å². The minimum absolute atomic E-state index is 0.0113. The molecule has 138 valence electrons. The largest absolute Gasteiger partial charge is 0.381 e. The lowest BCUT2D eigenvalue weighted by Gasteiger charge is -2.43. The molecule has 1 aliphatic carbocycles. The predicted octanol–water partition coefficient (Wildman–Crippen LogP) is 3.19. The van der Waals surface area contributed by atoms with E-state index in [1.807, 2.05) is 18.2 Å². The van der Waals surface area contributed by atoms with Crippen LogP contribution in [-0.2, 0) is 9.53 Å². The number of carbonyl (C=O) groups is 1. The number of likely N-dealkylation sites (N-methyl/N-ethyl adjacent to an activating group) is 1. The van der Waals surface area contributed by atoms with Crippen molar-refractivity contribution in [2.24, 2.45) is 5.92 Å². The topological polar surface area (TPSA) is 41.6 Å². The maximum absolute atomic E-state index is 13.2. The van der Waals surface area contributed by atoms with Gasteiger partial charge in [-0.3, -0.25) is 4.79 Å². The van der Waals surface area contributed by atoms with Gasteiger partial charge in [-0.15, -0.1) is 0 Å². The Balaban J connectivity index is 1.71. The number of rotatable bonds is 6. The summed E-state index contributed by atoms with van der Waals surface area (Å²) in [7, 11) is 4.23. The molecule has 1 heterocycles. The van der Waals surface area contributed by atoms with Crippen LogP contribution in [0.2, 0.25) is 0 Å². The molecule has 4 nitrogen and oxygen atoms in total. The first-order valence-electron chi connectivity index (χ1n) is 9.70. The first-order valence-corrected chi connectivity index (χ1v) is 9.70. The third-order valence-electron chi connectivity index (χ3n) is 6.28. The van der Waals surface area contributed by atoms with Gasteiger partial charge in [0, 0.05) is 25.3 Å². The number of nitrogens with zero attached hydrogens (tertiary/aromatic N) is 1. The lowest BCUT2D eigenvalue weighted by Crippen LogP contribution is -2.56.